The van der Waals surface area contributed by atoms with Crippen molar-refractivity contribution in [2.45, 2.75) is 32.9 Å². The molecule has 0 spiro atoms. The fourth-order valence-corrected chi connectivity index (χ4v) is 2.56. The predicted molar refractivity (Wildman–Crippen MR) is 103 cm³/mol. The van der Waals surface area contributed by atoms with E-state index >= 15 is 0 Å². The standard InChI is InChI=1S/C20H22BrNO4/c1-3-14(2)22-19(23)13-26-20(24)16-9-5-7-11-18(16)25-12-15-8-4-6-10-17(15)21/h4-11,14H,3,12-13H2,1-2H3,(H,22,23). The lowest BCUT2D eigenvalue weighted by atomic mass is 10.2. The van der Waals surface area contributed by atoms with Crippen molar-refractivity contribution in [1.82, 2.24) is 5.32 Å². The highest BCUT2D eigenvalue weighted by Gasteiger charge is 2.16. The van der Waals surface area contributed by atoms with Gasteiger partial charge in [0.25, 0.3) is 5.91 Å². The molecule has 2 aromatic carbocycles. The minimum atomic E-state index is -0.591. The zero-order valence-corrected chi connectivity index (χ0v) is 16.4. The Kier molecular flexibility index (Phi) is 7.66. The second-order valence-corrected chi connectivity index (χ2v) is 6.68. The number of ether oxygens (including phenoxy) is 2. The number of amides is 1. The van der Waals surface area contributed by atoms with E-state index < -0.39 is 5.97 Å². The van der Waals surface area contributed by atoms with Crippen molar-refractivity contribution in [2.24, 2.45) is 0 Å². The first-order valence-corrected chi connectivity index (χ1v) is 9.22. The van der Waals surface area contributed by atoms with E-state index in [-0.39, 0.29) is 24.1 Å². The maximum absolute atomic E-state index is 12.3. The first kappa shape index (κ1) is 20.0. The molecule has 0 bridgehead atoms. The van der Waals surface area contributed by atoms with Crippen LogP contribution in [0.4, 0.5) is 0 Å². The Hall–Kier alpha value is -2.34. The molecule has 0 aliphatic rings. The molecule has 0 saturated heterocycles. The monoisotopic (exact) mass is 419 g/mol. The summed E-state index contributed by atoms with van der Waals surface area (Å²) in [4.78, 5) is 24.1. The molecule has 2 rings (SSSR count). The van der Waals surface area contributed by atoms with E-state index in [0.717, 1.165) is 16.5 Å². The molecule has 1 amide bonds. The smallest absolute Gasteiger partial charge is 0.342 e. The van der Waals surface area contributed by atoms with Crippen LogP contribution in [0, 0.1) is 0 Å². The maximum atomic E-state index is 12.3. The highest BCUT2D eigenvalue weighted by Crippen LogP contribution is 2.22. The molecule has 26 heavy (non-hydrogen) atoms. The normalized spacial score (nSPS) is 11.5. The molecule has 0 heterocycles. The van der Waals surface area contributed by atoms with Crippen molar-refractivity contribution in [3.8, 4) is 5.75 Å². The lowest BCUT2D eigenvalue weighted by Crippen LogP contribution is -2.35. The molecule has 1 atom stereocenters. The second-order valence-electron chi connectivity index (χ2n) is 5.83. The van der Waals surface area contributed by atoms with Gasteiger partial charge in [0.2, 0.25) is 0 Å². The van der Waals surface area contributed by atoms with Crippen molar-refractivity contribution in [2.75, 3.05) is 6.61 Å². The largest absolute Gasteiger partial charge is 0.488 e. The molecular formula is C20H22BrNO4. The van der Waals surface area contributed by atoms with Crippen LogP contribution in [-0.4, -0.2) is 24.5 Å². The number of hydrogen-bond acceptors (Lipinski definition) is 4. The second kappa shape index (κ2) is 9.97. The van der Waals surface area contributed by atoms with E-state index in [9.17, 15) is 9.59 Å². The van der Waals surface area contributed by atoms with Gasteiger partial charge in [0.1, 0.15) is 17.9 Å². The molecule has 1 N–H and O–H groups in total. The Morgan fingerprint density at radius 2 is 1.81 bits per heavy atom. The van der Waals surface area contributed by atoms with Crippen LogP contribution in [0.2, 0.25) is 0 Å². The third kappa shape index (κ3) is 5.88. The fourth-order valence-electron chi connectivity index (χ4n) is 2.16. The van der Waals surface area contributed by atoms with E-state index in [1.54, 1.807) is 24.3 Å². The number of rotatable bonds is 8. The van der Waals surface area contributed by atoms with Crippen molar-refractivity contribution in [3.63, 3.8) is 0 Å². The topological polar surface area (TPSA) is 64.6 Å². The average molecular weight is 420 g/mol. The fraction of sp³-hybridized carbons (Fsp3) is 0.300. The molecule has 0 aliphatic heterocycles. The van der Waals surface area contributed by atoms with Crippen LogP contribution in [0.25, 0.3) is 0 Å². The number of nitrogens with one attached hydrogen (secondary N) is 1. The van der Waals surface area contributed by atoms with E-state index in [0.29, 0.717) is 12.4 Å². The number of hydrogen-bond donors (Lipinski definition) is 1. The third-order valence-electron chi connectivity index (χ3n) is 3.80. The summed E-state index contributed by atoms with van der Waals surface area (Å²) in [6.45, 7) is 3.85. The molecular weight excluding hydrogens is 398 g/mol. The molecule has 0 aromatic heterocycles. The lowest BCUT2D eigenvalue weighted by Gasteiger charge is -2.13. The molecule has 2 aromatic rings. The molecule has 5 nitrogen and oxygen atoms in total. The Balaban J connectivity index is 1.98. The summed E-state index contributed by atoms with van der Waals surface area (Å²) < 4.78 is 11.8. The van der Waals surface area contributed by atoms with Crippen LogP contribution in [0.1, 0.15) is 36.2 Å². The average Bonchev–Trinajstić information content (AvgIpc) is 2.65. The quantitative estimate of drug-likeness (QED) is 0.654. The minimum Gasteiger partial charge on any atom is -0.488 e. The van der Waals surface area contributed by atoms with E-state index in [1.165, 1.54) is 0 Å². The molecule has 138 valence electrons. The Morgan fingerprint density at radius 3 is 2.54 bits per heavy atom. The van der Waals surface area contributed by atoms with E-state index in [2.05, 4.69) is 21.2 Å². The summed E-state index contributed by atoms with van der Waals surface area (Å²) in [5.74, 6) is -0.498. The van der Waals surface area contributed by atoms with Crippen LogP contribution < -0.4 is 10.1 Å². The van der Waals surface area contributed by atoms with Gasteiger partial charge >= 0.3 is 5.97 Å². The molecule has 1 unspecified atom stereocenters. The minimum absolute atomic E-state index is 0.0427. The number of carbonyl (C=O) groups excluding carboxylic acids is 2. The van der Waals surface area contributed by atoms with Gasteiger partial charge in [0.05, 0.1) is 0 Å². The zero-order chi connectivity index (χ0) is 18.9. The van der Waals surface area contributed by atoms with Crippen LogP contribution in [0.3, 0.4) is 0 Å². The van der Waals surface area contributed by atoms with Gasteiger partial charge in [0, 0.05) is 16.1 Å². The van der Waals surface area contributed by atoms with Gasteiger partial charge in [-0.3, -0.25) is 4.79 Å². The van der Waals surface area contributed by atoms with Gasteiger partial charge < -0.3 is 14.8 Å². The van der Waals surface area contributed by atoms with Crippen LogP contribution >= 0.6 is 15.9 Å². The Labute approximate surface area is 161 Å². The molecule has 6 heteroatoms. The number of benzene rings is 2. The first-order valence-electron chi connectivity index (χ1n) is 8.43. The third-order valence-corrected chi connectivity index (χ3v) is 4.58. The molecule has 0 saturated carbocycles. The van der Waals surface area contributed by atoms with Gasteiger partial charge in [-0.2, -0.15) is 0 Å². The first-order chi connectivity index (χ1) is 12.5. The number of halogens is 1. The Bertz CT molecular complexity index is 763. The van der Waals surface area contributed by atoms with Gasteiger partial charge in [-0.15, -0.1) is 0 Å². The SMILES string of the molecule is CCC(C)NC(=O)COC(=O)c1ccccc1OCc1ccccc1Br. The van der Waals surface area contributed by atoms with Gasteiger partial charge in [-0.25, -0.2) is 4.79 Å². The number of carbonyl (C=O) groups is 2. The lowest BCUT2D eigenvalue weighted by molar-refractivity contribution is -0.124. The highest BCUT2D eigenvalue weighted by molar-refractivity contribution is 9.10. The Morgan fingerprint density at radius 1 is 1.12 bits per heavy atom. The van der Waals surface area contributed by atoms with Gasteiger partial charge in [0.15, 0.2) is 6.61 Å². The molecule has 0 radical (unpaired) electrons. The van der Waals surface area contributed by atoms with Crippen LogP contribution in [0.5, 0.6) is 5.75 Å². The van der Waals surface area contributed by atoms with Gasteiger partial charge in [-0.1, -0.05) is 53.2 Å². The summed E-state index contributed by atoms with van der Waals surface area (Å²) in [7, 11) is 0. The van der Waals surface area contributed by atoms with Crippen molar-refractivity contribution in [1.29, 1.82) is 0 Å². The predicted octanol–water partition coefficient (Wildman–Crippen LogP) is 4.10. The number of para-hydroxylation sites is 1. The van der Waals surface area contributed by atoms with Crippen LogP contribution in [0.15, 0.2) is 53.0 Å². The maximum Gasteiger partial charge on any atom is 0.342 e. The molecule has 0 aliphatic carbocycles. The summed E-state index contributed by atoms with van der Waals surface area (Å²) in [6.07, 6.45) is 0.811. The summed E-state index contributed by atoms with van der Waals surface area (Å²) in [5.41, 5.74) is 1.25. The van der Waals surface area contributed by atoms with Crippen molar-refractivity contribution in [3.05, 3.63) is 64.1 Å². The van der Waals surface area contributed by atoms with E-state index in [1.807, 2.05) is 38.1 Å². The van der Waals surface area contributed by atoms with Crippen molar-refractivity contribution >= 4 is 27.8 Å². The summed E-state index contributed by atoms with van der Waals surface area (Å²) in [6, 6.07) is 14.6. The van der Waals surface area contributed by atoms with E-state index in [4.69, 9.17) is 9.47 Å². The zero-order valence-electron chi connectivity index (χ0n) is 14.8. The van der Waals surface area contributed by atoms with Crippen molar-refractivity contribution < 1.29 is 19.1 Å². The summed E-state index contributed by atoms with van der Waals surface area (Å²) >= 11 is 3.47. The summed E-state index contributed by atoms with van der Waals surface area (Å²) in [5, 5.41) is 2.75. The number of esters is 1. The van der Waals surface area contributed by atoms with Gasteiger partial charge in [-0.05, 0) is 31.5 Å². The molecule has 0 fully saturated rings. The van der Waals surface area contributed by atoms with Crippen LogP contribution in [-0.2, 0) is 16.1 Å². The highest BCUT2D eigenvalue weighted by atomic mass is 79.9.